The first-order valence-electron chi connectivity index (χ1n) is 8.77. The Morgan fingerprint density at radius 3 is 2.45 bits per heavy atom. The van der Waals surface area contributed by atoms with Gasteiger partial charge < -0.3 is 25.0 Å². The van der Waals surface area contributed by atoms with Crippen LogP contribution >= 0.6 is 0 Å². The van der Waals surface area contributed by atoms with E-state index in [1.165, 1.54) is 19.2 Å². The molecule has 156 valence electrons. The van der Waals surface area contributed by atoms with Crippen LogP contribution in [0.1, 0.15) is 18.7 Å². The summed E-state index contributed by atoms with van der Waals surface area (Å²) in [7, 11) is 1.44. The van der Waals surface area contributed by atoms with Gasteiger partial charge in [-0.05, 0) is 37.1 Å². The lowest BCUT2D eigenvalue weighted by atomic mass is 10.3. The lowest BCUT2D eigenvalue weighted by Crippen LogP contribution is -2.29. The van der Waals surface area contributed by atoms with Gasteiger partial charge in [0.2, 0.25) is 5.95 Å². The fraction of sp³-hybridized carbons (Fsp3) is 0.412. The first kappa shape index (κ1) is 20.4. The highest BCUT2D eigenvalue weighted by molar-refractivity contribution is 5.89. The van der Waals surface area contributed by atoms with E-state index in [4.69, 9.17) is 4.74 Å². The summed E-state index contributed by atoms with van der Waals surface area (Å²) in [5, 5.41) is 5.08. The number of nitrogens with zero attached hydrogens (tertiary/aromatic N) is 4. The monoisotopic (exact) mass is 412 g/mol. The van der Waals surface area contributed by atoms with Crippen molar-refractivity contribution in [2.45, 2.75) is 25.7 Å². The van der Waals surface area contributed by atoms with Crippen molar-refractivity contribution >= 4 is 17.7 Å². The summed E-state index contributed by atoms with van der Waals surface area (Å²) in [6, 6.07) is 4.36. The van der Waals surface area contributed by atoms with E-state index in [2.05, 4.69) is 30.3 Å². The number of amides is 2. The minimum atomic E-state index is -4.77. The average Bonchev–Trinajstić information content (AvgIpc) is 3.21. The number of benzene rings is 1. The number of halogens is 3. The van der Waals surface area contributed by atoms with Gasteiger partial charge in [-0.25, -0.2) is 4.79 Å². The second kappa shape index (κ2) is 8.80. The summed E-state index contributed by atoms with van der Waals surface area (Å²) in [4.78, 5) is 26.7. The highest BCUT2D eigenvalue weighted by atomic mass is 19.4. The van der Waals surface area contributed by atoms with Gasteiger partial charge in [-0.3, -0.25) is 0 Å². The molecule has 0 aliphatic carbocycles. The van der Waals surface area contributed by atoms with Crippen LogP contribution in [-0.2, 0) is 6.54 Å². The maximum atomic E-state index is 12.2. The minimum Gasteiger partial charge on any atom is -0.467 e. The molecule has 1 saturated heterocycles. The molecule has 0 unspecified atom stereocenters. The Kier molecular flexibility index (Phi) is 6.20. The van der Waals surface area contributed by atoms with Crippen molar-refractivity contribution in [2.75, 3.05) is 30.4 Å². The molecule has 1 aromatic carbocycles. The van der Waals surface area contributed by atoms with Crippen molar-refractivity contribution < 1.29 is 27.4 Å². The third-order valence-corrected chi connectivity index (χ3v) is 3.97. The van der Waals surface area contributed by atoms with Gasteiger partial charge in [-0.2, -0.15) is 15.0 Å². The average molecular weight is 412 g/mol. The molecule has 0 atom stereocenters. The van der Waals surface area contributed by atoms with Crippen molar-refractivity contribution in [3.63, 3.8) is 0 Å². The minimum absolute atomic E-state index is 0.0147. The molecule has 2 heterocycles. The van der Waals surface area contributed by atoms with E-state index in [0.717, 1.165) is 38.1 Å². The van der Waals surface area contributed by atoms with Crippen LogP contribution in [0.25, 0.3) is 0 Å². The zero-order valence-electron chi connectivity index (χ0n) is 15.5. The summed E-state index contributed by atoms with van der Waals surface area (Å²) in [5.74, 6) is 0.435. The molecular formula is C17H19F3N6O3. The number of anilines is 2. The fourth-order valence-electron chi connectivity index (χ4n) is 2.69. The first-order chi connectivity index (χ1) is 13.8. The molecule has 1 fully saturated rings. The number of hydrogen-bond donors (Lipinski definition) is 2. The second-order valence-corrected chi connectivity index (χ2v) is 6.11. The van der Waals surface area contributed by atoms with Crippen LogP contribution < -0.4 is 25.0 Å². The van der Waals surface area contributed by atoms with Gasteiger partial charge in [-0.15, -0.1) is 13.2 Å². The third kappa shape index (κ3) is 6.09. The third-order valence-electron chi connectivity index (χ3n) is 3.97. The number of alkyl halides is 3. The Balaban J connectivity index is 1.57. The Labute approximate surface area is 164 Å². The highest BCUT2D eigenvalue weighted by Gasteiger charge is 2.31. The number of urea groups is 1. The molecule has 29 heavy (non-hydrogen) atoms. The van der Waals surface area contributed by atoms with Gasteiger partial charge >= 0.3 is 18.4 Å². The van der Waals surface area contributed by atoms with Gasteiger partial charge in [-0.1, -0.05) is 0 Å². The Morgan fingerprint density at radius 1 is 1.14 bits per heavy atom. The fourth-order valence-corrected chi connectivity index (χ4v) is 2.69. The Morgan fingerprint density at radius 2 is 1.83 bits per heavy atom. The van der Waals surface area contributed by atoms with Crippen LogP contribution in [0.15, 0.2) is 24.3 Å². The molecular weight excluding hydrogens is 393 g/mol. The zero-order chi connectivity index (χ0) is 20.9. The maximum absolute atomic E-state index is 12.2. The molecule has 3 rings (SSSR count). The molecule has 1 aromatic heterocycles. The normalized spacial score (nSPS) is 13.9. The number of ether oxygens (including phenoxy) is 2. The smallest absolute Gasteiger partial charge is 0.467 e. The molecule has 1 aliphatic rings. The van der Waals surface area contributed by atoms with Crippen molar-refractivity contribution in [2.24, 2.45) is 0 Å². The highest BCUT2D eigenvalue weighted by Crippen LogP contribution is 2.24. The Hall–Kier alpha value is -3.31. The number of carbonyl (C=O) groups is 1. The number of aromatic nitrogens is 3. The van der Waals surface area contributed by atoms with Crippen LogP contribution in [0, 0.1) is 0 Å². The molecule has 0 spiro atoms. The Bertz CT molecular complexity index is 841. The summed E-state index contributed by atoms with van der Waals surface area (Å²) in [5.41, 5.74) is 0.294. The molecule has 9 nitrogen and oxygen atoms in total. The predicted octanol–water partition coefficient (Wildman–Crippen LogP) is 2.70. The van der Waals surface area contributed by atoms with Crippen LogP contribution in [0.4, 0.5) is 29.6 Å². The zero-order valence-corrected chi connectivity index (χ0v) is 15.5. The summed E-state index contributed by atoms with van der Waals surface area (Å²) in [6.07, 6.45) is -2.67. The topological polar surface area (TPSA) is 102 Å². The van der Waals surface area contributed by atoms with Crippen LogP contribution in [-0.4, -0.2) is 47.5 Å². The molecule has 0 radical (unpaired) electrons. The van der Waals surface area contributed by atoms with Crippen molar-refractivity contribution in [3.05, 3.63) is 30.1 Å². The molecule has 0 saturated carbocycles. The molecule has 2 aromatic rings. The first-order valence-corrected chi connectivity index (χ1v) is 8.77. The molecule has 0 bridgehead atoms. The number of methoxy groups -OCH3 is 1. The van der Waals surface area contributed by atoms with Gasteiger partial charge in [0.25, 0.3) is 0 Å². The van der Waals surface area contributed by atoms with E-state index in [0.29, 0.717) is 17.5 Å². The standard InChI is InChI=1S/C17H19F3N6O3/c1-28-16-24-13(23-14(25-16)26-8-2-3-9-26)10-21-15(27)22-11-4-6-12(7-5-11)29-17(18,19)20/h4-7H,2-3,8-10H2,1H3,(H2,21,22,27). The van der Waals surface area contributed by atoms with Crippen molar-refractivity contribution in [3.8, 4) is 11.8 Å². The van der Waals surface area contributed by atoms with E-state index >= 15 is 0 Å². The quantitative estimate of drug-likeness (QED) is 0.752. The van der Waals surface area contributed by atoms with Gasteiger partial charge in [0, 0.05) is 18.8 Å². The molecule has 2 amide bonds. The summed E-state index contributed by atoms with van der Waals surface area (Å²) >= 11 is 0. The van der Waals surface area contributed by atoms with E-state index in [9.17, 15) is 18.0 Å². The van der Waals surface area contributed by atoms with E-state index in [1.807, 2.05) is 4.90 Å². The molecule has 1 aliphatic heterocycles. The van der Waals surface area contributed by atoms with Gasteiger partial charge in [0.15, 0.2) is 5.82 Å². The number of carbonyl (C=O) groups excluding carboxylic acids is 1. The lowest BCUT2D eigenvalue weighted by molar-refractivity contribution is -0.274. The maximum Gasteiger partial charge on any atom is 0.573 e. The van der Waals surface area contributed by atoms with Gasteiger partial charge in [0.05, 0.1) is 13.7 Å². The SMILES string of the molecule is COc1nc(CNC(=O)Nc2ccc(OC(F)(F)F)cc2)nc(N2CCCC2)n1. The number of rotatable bonds is 6. The van der Waals surface area contributed by atoms with Gasteiger partial charge in [0.1, 0.15) is 5.75 Å². The van der Waals surface area contributed by atoms with E-state index in [-0.39, 0.29) is 18.3 Å². The van der Waals surface area contributed by atoms with E-state index in [1.54, 1.807) is 0 Å². The van der Waals surface area contributed by atoms with Crippen LogP contribution in [0.3, 0.4) is 0 Å². The summed E-state index contributed by atoms with van der Waals surface area (Å²) in [6.45, 7) is 1.70. The molecule has 12 heteroatoms. The number of hydrogen-bond acceptors (Lipinski definition) is 7. The second-order valence-electron chi connectivity index (χ2n) is 6.11. The predicted molar refractivity (Wildman–Crippen MR) is 96.8 cm³/mol. The summed E-state index contributed by atoms with van der Waals surface area (Å²) < 4.78 is 45.4. The van der Waals surface area contributed by atoms with Crippen LogP contribution in [0.5, 0.6) is 11.8 Å². The largest absolute Gasteiger partial charge is 0.573 e. The van der Waals surface area contributed by atoms with Crippen molar-refractivity contribution in [1.29, 1.82) is 0 Å². The van der Waals surface area contributed by atoms with E-state index < -0.39 is 12.4 Å². The lowest BCUT2D eigenvalue weighted by Gasteiger charge is -2.16. The molecule has 2 N–H and O–H groups in total. The number of nitrogens with one attached hydrogen (secondary N) is 2. The van der Waals surface area contributed by atoms with Crippen molar-refractivity contribution in [1.82, 2.24) is 20.3 Å². The van der Waals surface area contributed by atoms with Crippen LogP contribution in [0.2, 0.25) is 0 Å².